The maximum absolute atomic E-state index is 12.1. The maximum atomic E-state index is 12.1. The van der Waals surface area contributed by atoms with Crippen LogP contribution < -0.4 is 5.32 Å². The third kappa shape index (κ3) is 3.74. The number of nitrogens with one attached hydrogen (secondary N) is 1. The highest BCUT2D eigenvalue weighted by atomic mass is 16.6. The molecule has 0 bridgehead atoms. The van der Waals surface area contributed by atoms with Crippen LogP contribution in [0.3, 0.4) is 0 Å². The summed E-state index contributed by atoms with van der Waals surface area (Å²) in [6.45, 7) is 4.22. The Morgan fingerprint density at radius 2 is 1.65 bits per heavy atom. The van der Waals surface area contributed by atoms with E-state index >= 15 is 0 Å². The number of hydrogen-bond donors (Lipinski definition) is 1. The number of alkyl carbamates (subject to hydrolysis) is 1. The number of amides is 1. The number of ether oxygens (including phenoxy) is 2. The third-order valence-corrected chi connectivity index (χ3v) is 5.19. The first-order valence-corrected chi connectivity index (χ1v) is 9.18. The molecule has 5 nitrogen and oxygen atoms in total. The molecule has 1 N–H and O–H groups in total. The summed E-state index contributed by atoms with van der Waals surface area (Å²) >= 11 is 0. The number of carbonyl (C=O) groups excluding carboxylic acids is 1. The number of rotatable bonds is 5. The third-order valence-electron chi connectivity index (χ3n) is 5.19. The van der Waals surface area contributed by atoms with Gasteiger partial charge in [0.2, 0.25) is 0 Å². The molecule has 0 radical (unpaired) electrons. The summed E-state index contributed by atoms with van der Waals surface area (Å²) in [6, 6.07) is 20.3. The van der Waals surface area contributed by atoms with Gasteiger partial charge in [-0.1, -0.05) is 60.7 Å². The number of hydrogen-bond acceptors (Lipinski definition) is 4. The fourth-order valence-electron chi connectivity index (χ4n) is 3.85. The van der Waals surface area contributed by atoms with E-state index in [0.717, 1.165) is 38.4 Å². The zero-order valence-corrected chi connectivity index (χ0v) is 14.7. The topological polar surface area (TPSA) is 50.8 Å². The first-order valence-electron chi connectivity index (χ1n) is 9.18. The second-order valence-electron chi connectivity index (χ2n) is 6.84. The van der Waals surface area contributed by atoms with E-state index in [4.69, 9.17) is 9.47 Å². The van der Waals surface area contributed by atoms with Crippen LogP contribution in [0, 0.1) is 0 Å². The molecule has 4 rings (SSSR count). The van der Waals surface area contributed by atoms with Crippen molar-refractivity contribution in [2.45, 2.75) is 18.1 Å². The van der Waals surface area contributed by atoms with Gasteiger partial charge in [0.05, 0.1) is 19.3 Å². The monoisotopic (exact) mass is 352 g/mol. The normalized spacial score (nSPS) is 24.7. The predicted molar refractivity (Wildman–Crippen MR) is 99.0 cm³/mol. The van der Waals surface area contributed by atoms with Crippen molar-refractivity contribution in [2.24, 2.45) is 0 Å². The van der Waals surface area contributed by atoms with E-state index in [1.165, 1.54) is 5.56 Å². The smallest absolute Gasteiger partial charge is 0.408 e. The second-order valence-corrected chi connectivity index (χ2v) is 6.84. The summed E-state index contributed by atoms with van der Waals surface area (Å²) in [4.78, 5) is 14.5. The Labute approximate surface area is 153 Å². The molecule has 0 aliphatic carbocycles. The van der Waals surface area contributed by atoms with Crippen molar-refractivity contribution in [3.8, 4) is 0 Å². The molecule has 136 valence electrons. The van der Waals surface area contributed by atoms with Crippen LogP contribution in [-0.2, 0) is 9.47 Å². The van der Waals surface area contributed by atoms with Crippen LogP contribution in [0.4, 0.5) is 4.79 Å². The number of cyclic esters (lactones) is 1. The van der Waals surface area contributed by atoms with Crippen LogP contribution in [-0.4, -0.2) is 49.9 Å². The van der Waals surface area contributed by atoms with Crippen molar-refractivity contribution in [3.63, 3.8) is 0 Å². The highest BCUT2D eigenvalue weighted by Crippen LogP contribution is 2.35. The molecule has 26 heavy (non-hydrogen) atoms. The molecule has 3 atom stereocenters. The van der Waals surface area contributed by atoms with Gasteiger partial charge in [-0.15, -0.1) is 0 Å². The molecule has 2 aromatic rings. The SMILES string of the molecule is O=C1NC(C(CN2CCOCC2)c2ccccc2)[C@@H](c2ccccc2)O1. The van der Waals surface area contributed by atoms with Gasteiger partial charge < -0.3 is 14.8 Å². The lowest BCUT2D eigenvalue weighted by atomic mass is 9.85. The molecule has 0 saturated carbocycles. The van der Waals surface area contributed by atoms with Gasteiger partial charge in [-0.05, 0) is 11.1 Å². The fraction of sp³-hybridized carbons (Fsp3) is 0.381. The van der Waals surface area contributed by atoms with E-state index in [2.05, 4.69) is 34.5 Å². The Bertz CT molecular complexity index is 717. The summed E-state index contributed by atoms with van der Waals surface area (Å²) < 4.78 is 11.1. The minimum Gasteiger partial charge on any atom is -0.439 e. The minimum atomic E-state index is -0.341. The number of benzene rings is 2. The molecule has 2 aromatic carbocycles. The van der Waals surface area contributed by atoms with Crippen LogP contribution in [0.25, 0.3) is 0 Å². The largest absolute Gasteiger partial charge is 0.439 e. The van der Waals surface area contributed by atoms with Crippen LogP contribution in [0.5, 0.6) is 0 Å². The van der Waals surface area contributed by atoms with Gasteiger partial charge in [-0.2, -0.15) is 0 Å². The first kappa shape index (κ1) is 17.1. The van der Waals surface area contributed by atoms with E-state index in [1.54, 1.807) is 0 Å². The summed E-state index contributed by atoms with van der Waals surface area (Å²) in [6.07, 6.45) is -0.623. The fourth-order valence-corrected chi connectivity index (χ4v) is 3.85. The van der Waals surface area contributed by atoms with Gasteiger partial charge in [0, 0.05) is 25.6 Å². The Balaban J connectivity index is 1.64. The van der Waals surface area contributed by atoms with Crippen LogP contribution in [0.1, 0.15) is 23.1 Å². The summed E-state index contributed by atoms with van der Waals surface area (Å²) in [5.74, 6) is 0.144. The van der Waals surface area contributed by atoms with Crippen LogP contribution >= 0.6 is 0 Å². The second kappa shape index (κ2) is 7.89. The zero-order valence-electron chi connectivity index (χ0n) is 14.7. The van der Waals surface area contributed by atoms with Gasteiger partial charge in [-0.25, -0.2) is 4.79 Å². The molecule has 1 amide bonds. The molecule has 0 spiro atoms. The zero-order chi connectivity index (χ0) is 17.8. The predicted octanol–water partition coefficient (Wildman–Crippen LogP) is 2.95. The Morgan fingerprint density at radius 3 is 2.35 bits per heavy atom. The van der Waals surface area contributed by atoms with Crippen molar-refractivity contribution in [3.05, 3.63) is 71.8 Å². The molecule has 2 fully saturated rings. The quantitative estimate of drug-likeness (QED) is 0.899. The molecule has 2 aliphatic rings. The van der Waals surface area contributed by atoms with Crippen molar-refractivity contribution in [1.82, 2.24) is 10.2 Å². The van der Waals surface area contributed by atoms with E-state index in [0.29, 0.717) is 0 Å². The maximum Gasteiger partial charge on any atom is 0.408 e. The summed E-state index contributed by atoms with van der Waals surface area (Å²) in [5, 5.41) is 3.07. The molecule has 2 aliphatic heterocycles. The lowest BCUT2D eigenvalue weighted by Gasteiger charge is -2.34. The Morgan fingerprint density at radius 1 is 1.00 bits per heavy atom. The van der Waals surface area contributed by atoms with Crippen molar-refractivity contribution >= 4 is 6.09 Å². The Kier molecular flexibility index (Phi) is 5.18. The molecule has 2 heterocycles. The van der Waals surface area contributed by atoms with E-state index in [1.807, 2.05) is 36.4 Å². The molecular weight excluding hydrogens is 328 g/mol. The van der Waals surface area contributed by atoms with E-state index in [9.17, 15) is 4.79 Å². The molecule has 2 saturated heterocycles. The summed E-state index contributed by atoms with van der Waals surface area (Å²) in [5.41, 5.74) is 2.24. The molecule has 2 unspecified atom stereocenters. The van der Waals surface area contributed by atoms with E-state index < -0.39 is 0 Å². The number of morpholine rings is 1. The van der Waals surface area contributed by atoms with Crippen molar-refractivity contribution in [2.75, 3.05) is 32.8 Å². The molecule has 5 heteroatoms. The average molecular weight is 352 g/mol. The molecule has 0 aromatic heterocycles. The highest BCUT2D eigenvalue weighted by Gasteiger charge is 2.41. The Hall–Kier alpha value is -2.37. The van der Waals surface area contributed by atoms with Gasteiger partial charge in [0.15, 0.2) is 0 Å². The van der Waals surface area contributed by atoms with Crippen LogP contribution in [0.15, 0.2) is 60.7 Å². The lowest BCUT2D eigenvalue weighted by Crippen LogP contribution is -2.44. The molecular formula is C21H24N2O3. The number of nitrogens with zero attached hydrogens (tertiary/aromatic N) is 1. The first-order chi connectivity index (χ1) is 12.8. The van der Waals surface area contributed by atoms with Gasteiger partial charge in [0.1, 0.15) is 6.10 Å². The van der Waals surface area contributed by atoms with Gasteiger partial charge >= 0.3 is 6.09 Å². The highest BCUT2D eigenvalue weighted by molar-refractivity contribution is 5.71. The lowest BCUT2D eigenvalue weighted by molar-refractivity contribution is 0.0315. The van der Waals surface area contributed by atoms with Crippen molar-refractivity contribution in [1.29, 1.82) is 0 Å². The summed E-state index contributed by atoms with van der Waals surface area (Å²) in [7, 11) is 0. The van der Waals surface area contributed by atoms with Crippen LogP contribution in [0.2, 0.25) is 0 Å². The standard InChI is InChI=1S/C21H24N2O3/c24-21-22-19(20(26-21)17-9-5-2-6-10-17)18(16-7-3-1-4-8-16)15-23-11-13-25-14-12-23/h1-10,18-20H,11-15H2,(H,22,24)/t18?,19?,20-/m1/s1. The van der Waals surface area contributed by atoms with Gasteiger partial charge in [0.25, 0.3) is 0 Å². The van der Waals surface area contributed by atoms with Gasteiger partial charge in [-0.3, -0.25) is 4.90 Å². The van der Waals surface area contributed by atoms with Crippen molar-refractivity contribution < 1.29 is 14.3 Å². The average Bonchev–Trinajstić information content (AvgIpc) is 3.10. The van der Waals surface area contributed by atoms with E-state index in [-0.39, 0.29) is 24.2 Å². The number of carbonyl (C=O) groups is 1. The minimum absolute atomic E-state index is 0.102.